The second-order valence-electron chi connectivity index (χ2n) is 9.39. The van der Waals surface area contributed by atoms with Gasteiger partial charge < -0.3 is 14.2 Å². The van der Waals surface area contributed by atoms with Gasteiger partial charge in [-0.3, -0.25) is 19.1 Å². The molecule has 8 nitrogen and oxygen atoms in total. The van der Waals surface area contributed by atoms with Crippen molar-refractivity contribution in [2.24, 2.45) is 7.05 Å². The summed E-state index contributed by atoms with van der Waals surface area (Å²) in [6.07, 6.45) is 1.39. The van der Waals surface area contributed by atoms with Crippen LogP contribution in [-0.2, 0) is 11.8 Å². The lowest BCUT2D eigenvalue weighted by molar-refractivity contribution is -0.117. The van der Waals surface area contributed by atoms with Crippen LogP contribution in [0.15, 0.2) is 65.5 Å². The first-order valence-electron chi connectivity index (χ1n) is 12.4. The van der Waals surface area contributed by atoms with E-state index in [1.54, 1.807) is 27.8 Å². The smallest absolute Gasteiger partial charge is 0.295 e. The van der Waals surface area contributed by atoms with Gasteiger partial charge >= 0.3 is 0 Å². The van der Waals surface area contributed by atoms with Gasteiger partial charge in [-0.1, -0.05) is 24.3 Å². The van der Waals surface area contributed by atoms with Gasteiger partial charge in [-0.15, -0.1) is 0 Å². The normalized spacial score (nSPS) is 13.4. The summed E-state index contributed by atoms with van der Waals surface area (Å²) in [6, 6.07) is 18.5. The largest absolute Gasteiger partial charge is 0.485 e. The Hall–Kier alpha value is -4.33. The third kappa shape index (κ3) is 4.28. The van der Waals surface area contributed by atoms with E-state index >= 15 is 0 Å². The molecule has 37 heavy (non-hydrogen) atoms. The third-order valence-electron chi connectivity index (χ3n) is 7.05. The molecule has 190 valence electrons. The molecule has 1 fully saturated rings. The molecule has 0 spiro atoms. The lowest BCUT2D eigenvalue weighted by Gasteiger charge is -2.16. The number of carbonyl (C=O) groups is 2. The fourth-order valence-corrected chi connectivity index (χ4v) is 5.09. The topological polar surface area (TPSA) is 78.5 Å². The Morgan fingerprint density at radius 3 is 2.35 bits per heavy atom. The van der Waals surface area contributed by atoms with Gasteiger partial charge in [-0.2, -0.15) is 0 Å². The molecular formula is C29H30N4O4. The SMILES string of the molecule is Cc1cc(C(=O)COc2cccc(N3CCCC3=O)c2)c(C)n1-c1c(C)n(C)n(-c2ccccc2)c1=O. The third-order valence-corrected chi connectivity index (χ3v) is 7.05. The molecule has 0 N–H and O–H groups in total. The monoisotopic (exact) mass is 498 g/mol. The van der Waals surface area contributed by atoms with E-state index in [0.29, 0.717) is 35.7 Å². The molecule has 0 saturated carbocycles. The summed E-state index contributed by atoms with van der Waals surface area (Å²) >= 11 is 0. The van der Waals surface area contributed by atoms with E-state index < -0.39 is 0 Å². The Balaban J connectivity index is 1.41. The summed E-state index contributed by atoms with van der Waals surface area (Å²) in [5.41, 5.74) is 4.70. The van der Waals surface area contributed by atoms with E-state index in [9.17, 15) is 14.4 Å². The molecule has 2 aromatic heterocycles. The molecule has 1 saturated heterocycles. The van der Waals surface area contributed by atoms with Crippen molar-refractivity contribution in [3.63, 3.8) is 0 Å². The number of nitrogens with zero attached hydrogens (tertiary/aromatic N) is 4. The molecule has 5 rings (SSSR count). The minimum Gasteiger partial charge on any atom is -0.485 e. The highest BCUT2D eigenvalue weighted by atomic mass is 16.5. The van der Waals surface area contributed by atoms with E-state index in [0.717, 1.165) is 29.2 Å². The maximum Gasteiger partial charge on any atom is 0.295 e. The van der Waals surface area contributed by atoms with Crippen molar-refractivity contribution in [3.8, 4) is 17.1 Å². The molecule has 0 atom stereocenters. The van der Waals surface area contributed by atoms with Gasteiger partial charge in [0.1, 0.15) is 11.4 Å². The first-order chi connectivity index (χ1) is 17.8. The molecule has 1 aliphatic rings. The summed E-state index contributed by atoms with van der Waals surface area (Å²) < 4.78 is 11.1. The predicted octanol–water partition coefficient (Wildman–Crippen LogP) is 4.28. The number of para-hydroxylation sites is 1. The van der Waals surface area contributed by atoms with E-state index in [1.165, 1.54) is 0 Å². The van der Waals surface area contributed by atoms with Crippen molar-refractivity contribution in [2.75, 3.05) is 18.1 Å². The molecular weight excluding hydrogens is 468 g/mol. The fourth-order valence-electron chi connectivity index (χ4n) is 5.09. The van der Waals surface area contributed by atoms with E-state index in [2.05, 4.69) is 0 Å². The van der Waals surface area contributed by atoms with Gasteiger partial charge in [-0.25, -0.2) is 4.68 Å². The number of aryl methyl sites for hydroxylation is 1. The van der Waals surface area contributed by atoms with E-state index in [1.807, 2.05) is 79.5 Å². The lowest BCUT2D eigenvalue weighted by atomic mass is 10.1. The van der Waals surface area contributed by atoms with Crippen molar-refractivity contribution in [1.29, 1.82) is 0 Å². The highest BCUT2D eigenvalue weighted by molar-refractivity contribution is 5.99. The van der Waals surface area contributed by atoms with Crippen molar-refractivity contribution in [2.45, 2.75) is 33.6 Å². The van der Waals surface area contributed by atoms with Crippen molar-refractivity contribution < 1.29 is 14.3 Å². The molecule has 1 amide bonds. The van der Waals surface area contributed by atoms with Gasteiger partial charge in [0.25, 0.3) is 5.56 Å². The number of hydrogen-bond acceptors (Lipinski definition) is 4. The Morgan fingerprint density at radius 2 is 1.65 bits per heavy atom. The summed E-state index contributed by atoms with van der Waals surface area (Å²) in [5.74, 6) is 0.450. The van der Waals surface area contributed by atoms with Gasteiger partial charge in [0.15, 0.2) is 6.61 Å². The van der Waals surface area contributed by atoms with Crippen molar-refractivity contribution >= 4 is 17.4 Å². The van der Waals surface area contributed by atoms with Crippen molar-refractivity contribution in [3.05, 3.63) is 93.7 Å². The average molecular weight is 499 g/mol. The number of benzene rings is 2. The highest BCUT2D eigenvalue weighted by Crippen LogP contribution is 2.26. The highest BCUT2D eigenvalue weighted by Gasteiger charge is 2.24. The molecule has 3 heterocycles. The summed E-state index contributed by atoms with van der Waals surface area (Å²) in [7, 11) is 1.85. The number of amides is 1. The van der Waals surface area contributed by atoms with E-state index in [4.69, 9.17) is 4.74 Å². The van der Waals surface area contributed by atoms with Gasteiger partial charge in [0.05, 0.1) is 11.4 Å². The first-order valence-corrected chi connectivity index (χ1v) is 12.4. The number of rotatable bonds is 7. The van der Waals surface area contributed by atoms with Crippen LogP contribution in [0.5, 0.6) is 5.75 Å². The number of Topliss-reactive ketones (excluding diaryl/α,β-unsaturated/α-hetero) is 1. The molecule has 4 aromatic rings. The van der Waals surface area contributed by atoms with Crippen LogP contribution in [0.3, 0.4) is 0 Å². The molecule has 0 radical (unpaired) electrons. The van der Waals surface area contributed by atoms with Crippen LogP contribution in [0.25, 0.3) is 11.4 Å². The van der Waals surface area contributed by atoms with Crippen LogP contribution in [0, 0.1) is 20.8 Å². The van der Waals surface area contributed by atoms with Crippen LogP contribution in [0.1, 0.15) is 40.3 Å². The molecule has 1 aliphatic heterocycles. The number of carbonyl (C=O) groups excluding carboxylic acids is 2. The van der Waals surface area contributed by atoms with Gasteiger partial charge in [0.2, 0.25) is 11.7 Å². The Kier molecular flexibility index (Phi) is 6.33. The molecule has 8 heteroatoms. The second kappa shape index (κ2) is 9.61. The number of hydrogen-bond donors (Lipinski definition) is 0. The van der Waals surface area contributed by atoms with Crippen molar-refractivity contribution in [1.82, 2.24) is 13.9 Å². The van der Waals surface area contributed by atoms with Crippen LogP contribution in [0.2, 0.25) is 0 Å². The number of anilines is 1. The summed E-state index contributed by atoms with van der Waals surface area (Å²) in [5, 5.41) is 0. The zero-order valence-corrected chi connectivity index (χ0v) is 21.5. The summed E-state index contributed by atoms with van der Waals surface area (Å²) in [4.78, 5) is 40.6. The van der Waals surface area contributed by atoms with Gasteiger partial charge in [-0.05, 0) is 57.5 Å². The minimum absolute atomic E-state index is 0.100. The fraction of sp³-hybridized carbons (Fsp3) is 0.276. The van der Waals surface area contributed by atoms with Crippen LogP contribution in [-0.4, -0.2) is 38.8 Å². The molecule has 0 bridgehead atoms. The molecule has 0 unspecified atom stereocenters. The first kappa shape index (κ1) is 24.4. The van der Waals surface area contributed by atoms with E-state index in [-0.39, 0.29) is 23.9 Å². The zero-order valence-electron chi connectivity index (χ0n) is 21.5. The Labute approximate surface area is 215 Å². The number of aromatic nitrogens is 3. The van der Waals surface area contributed by atoms with Crippen LogP contribution < -0.4 is 15.2 Å². The Bertz CT molecular complexity index is 1560. The Morgan fingerprint density at radius 1 is 0.919 bits per heavy atom. The number of ketones is 1. The lowest BCUT2D eigenvalue weighted by Crippen LogP contribution is -2.23. The standard InChI is InChI=1S/C29H30N4O4/c1-19-16-25(26(34)18-37-24-13-8-12-23(17-24)31-15-9-14-27(31)35)20(2)32(19)28-21(3)30(4)33(29(28)36)22-10-6-5-7-11-22/h5-8,10-13,16-17H,9,14-15,18H2,1-4H3. The minimum atomic E-state index is -0.182. The average Bonchev–Trinajstić information content (AvgIpc) is 3.52. The summed E-state index contributed by atoms with van der Waals surface area (Å²) in [6.45, 7) is 6.18. The molecule has 2 aromatic carbocycles. The maximum atomic E-state index is 13.6. The number of ether oxygens (including phenoxy) is 1. The molecule has 0 aliphatic carbocycles. The van der Waals surface area contributed by atoms with Gasteiger partial charge in [0, 0.05) is 48.7 Å². The van der Waals surface area contributed by atoms with Crippen LogP contribution in [0.4, 0.5) is 5.69 Å². The predicted molar refractivity (Wildman–Crippen MR) is 142 cm³/mol. The van der Waals surface area contributed by atoms with Crippen LogP contribution >= 0.6 is 0 Å². The second-order valence-corrected chi connectivity index (χ2v) is 9.39. The zero-order chi connectivity index (χ0) is 26.3. The quantitative estimate of drug-likeness (QED) is 0.356. The maximum absolute atomic E-state index is 13.6.